The van der Waals surface area contributed by atoms with Crippen molar-refractivity contribution in [2.24, 2.45) is 5.92 Å². The van der Waals surface area contributed by atoms with Crippen LogP contribution in [-0.2, 0) is 11.2 Å². The molecule has 0 bridgehead atoms. The number of anilines is 2. The Balaban J connectivity index is 1.65. The van der Waals surface area contributed by atoms with Crippen molar-refractivity contribution in [3.63, 3.8) is 0 Å². The number of nitrogens with one attached hydrogen (secondary N) is 2. The number of hydrogen-bond donors (Lipinski definition) is 2. The van der Waals surface area contributed by atoms with Gasteiger partial charge in [0.15, 0.2) is 0 Å². The van der Waals surface area contributed by atoms with E-state index in [9.17, 15) is 18.0 Å². The van der Waals surface area contributed by atoms with Crippen LogP contribution in [0.25, 0.3) is 0 Å². The number of aromatic nitrogens is 2. The standard InChI is InChI=1S/C20H22Cl2F3N5O2S/c1-32-19-27-16(26-7-6-12-4-5-14(21)9-15(12)22)10-17(28-19)30-8-2-3-13(11-30)18(31)29-33-20(23,24)25/h4-5,9-10,13H,2-3,6-8,11H2,1H3,(H,29,31)(H,26,27,28). The van der Waals surface area contributed by atoms with Gasteiger partial charge in [-0.25, -0.2) is 0 Å². The van der Waals surface area contributed by atoms with Crippen molar-refractivity contribution in [1.29, 1.82) is 0 Å². The molecular formula is C20H22Cl2F3N5O2S. The molecule has 7 nitrogen and oxygen atoms in total. The third-order valence-electron chi connectivity index (χ3n) is 4.97. The number of alkyl halides is 3. The zero-order chi connectivity index (χ0) is 24.0. The van der Waals surface area contributed by atoms with Crippen molar-refractivity contribution in [3.05, 3.63) is 39.9 Å². The van der Waals surface area contributed by atoms with E-state index in [1.807, 2.05) is 15.7 Å². The summed E-state index contributed by atoms with van der Waals surface area (Å²) < 4.78 is 44.3. The number of rotatable bonds is 8. The molecule has 1 aliphatic heterocycles. The molecule has 2 N–H and O–H groups in total. The van der Waals surface area contributed by atoms with Crippen LogP contribution in [0.4, 0.5) is 24.8 Å². The summed E-state index contributed by atoms with van der Waals surface area (Å²) in [4.78, 5) is 22.7. The summed E-state index contributed by atoms with van der Waals surface area (Å²) in [6, 6.07) is 7.16. The average Bonchev–Trinajstić information content (AvgIpc) is 2.78. The second kappa shape index (κ2) is 11.3. The van der Waals surface area contributed by atoms with Crippen LogP contribution in [0.3, 0.4) is 0 Å². The van der Waals surface area contributed by atoms with Gasteiger partial charge in [-0.15, -0.1) is 0 Å². The number of hydrogen-bond acceptors (Lipinski definition) is 7. The first-order valence-electron chi connectivity index (χ1n) is 10.0. The summed E-state index contributed by atoms with van der Waals surface area (Å²) >= 11 is 11.6. The molecule has 1 aliphatic rings. The Kier molecular flexibility index (Phi) is 8.77. The number of carbonyl (C=O) groups is 1. The Morgan fingerprint density at radius 1 is 1.30 bits per heavy atom. The zero-order valence-corrected chi connectivity index (χ0v) is 19.9. The molecule has 0 aliphatic carbocycles. The summed E-state index contributed by atoms with van der Waals surface area (Å²) in [6.07, 6.45) is 1.76. The third-order valence-corrected chi connectivity index (χ3v) is 6.10. The van der Waals surface area contributed by atoms with Gasteiger partial charge in [0.05, 0.1) is 25.0 Å². The zero-order valence-electron chi connectivity index (χ0n) is 17.6. The van der Waals surface area contributed by atoms with Crippen molar-refractivity contribution in [2.75, 3.05) is 37.0 Å². The van der Waals surface area contributed by atoms with Crippen LogP contribution in [0.2, 0.25) is 10.0 Å². The molecule has 33 heavy (non-hydrogen) atoms. The fourth-order valence-corrected chi connectivity index (χ4v) is 4.28. The monoisotopic (exact) mass is 523 g/mol. The van der Waals surface area contributed by atoms with Crippen molar-refractivity contribution in [3.8, 4) is 6.01 Å². The number of methoxy groups -OCH3 is 1. The van der Waals surface area contributed by atoms with Gasteiger partial charge in [0.2, 0.25) is 5.91 Å². The molecule has 1 aromatic heterocycles. The fourth-order valence-electron chi connectivity index (χ4n) is 3.40. The Labute approximate surface area is 203 Å². The topological polar surface area (TPSA) is 79.4 Å². The molecule has 2 heterocycles. The largest absolute Gasteiger partial charge is 0.467 e. The van der Waals surface area contributed by atoms with Crippen LogP contribution >= 0.6 is 35.1 Å². The van der Waals surface area contributed by atoms with E-state index in [-0.39, 0.29) is 12.6 Å². The van der Waals surface area contributed by atoms with Gasteiger partial charge in [0.25, 0.3) is 0 Å². The smallest absolute Gasteiger partial charge is 0.461 e. The van der Waals surface area contributed by atoms with Crippen LogP contribution in [0, 0.1) is 5.92 Å². The summed E-state index contributed by atoms with van der Waals surface area (Å²) in [5.74, 6) is -0.199. The summed E-state index contributed by atoms with van der Waals surface area (Å²) in [7, 11) is 1.44. The molecule has 0 saturated carbocycles. The van der Waals surface area contributed by atoms with E-state index in [1.165, 1.54) is 7.11 Å². The predicted molar refractivity (Wildman–Crippen MR) is 124 cm³/mol. The van der Waals surface area contributed by atoms with Gasteiger partial charge in [0.1, 0.15) is 11.6 Å². The summed E-state index contributed by atoms with van der Waals surface area (Å²) in [5, 5.41) is 4.34. The molecule has 1 amide bonds. The predicted octanol–water partition coefficient (Wildman–Crippen LogP) is 4.95. The van der Waals surface area contributed by atoms with Crippen LogP contribution in [0.15, 0.2) is 24.3 Å². The van der Waals surface area contributed by atoms with Crippen molar-refractivity contribution in [1.82, 2.24) is 14.7 Å². The van der Waals surface area contributed by atoms with Crippen LogP contribution in [-0.4, -0.2) is 48.1 Å². The maximum Gasteiger partial charge on any atom is 0.461 e. The second-order valence-electron chi connectivity index (χ2n) is 7.31. The van der Waals surface area contributed by atoms with Crippen LogP contribution < -0.4 is 19.7 Å². The Morgan fingerprint density at radius 3 is 2.79 bits per heavy atom. The normalized spacial score (nSPS) is 16.4. The first-order chi connectivity index (χ1) is 15.6. The van der Waals surface area contributed by atoms with E-state index in [0.29, 0.717) is 54.0 Å². The lowest BCUT2D eigenvalue weighted by atomic mass is 9.97. The van der Waals surface area contributed by atoms with Gasteiger partial charge >= 0.3 is 11.5 Å². The number of amides is 1. The maximum atomic E-state index is 12.4. The Bertz CT molecular complexity index is 983. The number of carbonyl (C=O) groups excluding carboxylic acids is 1. The second-order valence-corrected chi connectivity index (χ2v) is 9.02. The molecule has 180 valence electrons. The molecule has 1 saturated heterocycles. The van der Waals surface area contributed by atoms with Crippen molar-refractivity contribution in [2.45, 2.75) is 24.8 Å². The molecule has 3 rings (SSSR count). The lowest BCUT2D eigenvalue weighted by molar-refractivity contribution is -0.123. The average molecular weight is 524 g/mol. The number of halogens is 5. The summed E-state index contributed by atoms with van der Waals surface area (Å²) in [5.41, 5.74) is -3.60. The first kappa shape index (κ1) is 25.5. The van der Waals surface area contributed by atoms with Gasteiger partial charge in [-0.05, 0) is 37.0 Å². The molecule has 0 radical (unpaired) electrons. The molecule has 1 unspecified atom stereocenters. The minimum absolute atomic E-state index is 0.138. The fraction of sp³-hybridized carbons (Fsp3) is 0.450. The molecule has 0 spiro atoms. The lowest BCUT2D eigenvalue weighted by Gasteiger charge is -2.33. The van der Waals surface area contributed by atoms with Crippen molar-refractivity contribution >= 4 is 52.7 Å². The van der Waals surface area contributed by atoms with Crippen LogP contribution in [0.1, 0.15) is 18.4 Å². The maximum absolute atomic E-state index is 12.4. The van der Waals surface area contributed by atoms with Crippen molar-refractivity contribution < 1.29 is 22.7 Å². The van der Waals surface area contributed by atoms with Gasteiger partial charge in [-0.1, -0.05) is 29.3 Å². The van der Waals surface area contributed by atoms with Gasteiger partial charge in [-0.2, -0.15) is 23.1 Å². The highest BCUT2D eigenvalue weighted by molar-refractivity contribution is 7.98. The van der Waals surface area contributed by atoms with E-state index >= 15 is 0 Å². The number of ether oxygens (including phenoxy) is 1. The quantitative estimate of drug-likeness (QED) is 0.474. The first-order valence-corrected chi connectivity index (χ1v) is 11.6. The molecule has 1 atom stereocenters. The highest BCUT2D eigenvalue weighted by Crippen LogP contribution is 2.29. The Hall–Kier alpha value is -2.11. The van der Waals surface area contributed by atoms with Gasteiger partial charge < -0.3 is 15.0 Å². The van der Waals surface area contributed by atoms with E-state index in [1.54, 1.807) is 18.2 Å². The minimum Gasteiger partial charge on any atom is -0.467 e. The molecule has 2 aromatic rings. The van der Waals surface area contributed by atoms with Gasteiger partial charge in [0, 0.05) is 35.7 Å². The SMILES string of the molecule is COc1nc(NCCc2ccc(Cl)cc2Cl)cc(N2CCCC(C(=O)NSC(F)(F)F)C2)n1. The highest BCUT2D eigenvalue weighted by atomic mass is 35.5. The molecular weight excluding hydrogens is 502 g/mol. The van der Waals surface area contributed by atoms with E-state index in [2.05, 4.69) is 15.3 Å². The molecule has 1 fully saturated rings. The van der Waals surface area contributed by atoms with E-state index < -0.39 is 29.3 Å². The molecule has 1 aromatic carbocycles. The summed E-state index contributed by atoms with van der Waals surface area (Å²) in [6.45, 7) is 1.38. The van der Waals surface area contributed by atoms with Gasteiger partial charge in [-0.3, -0.25) is 9.52 Å². The van der Waals surface area contributed by atoms with E-state index in [4.69, 9.17) is 27.9 Å². The minimum atomic E-state index is -4.53. The van der Waals surface area contributed by atoms with Crippen LogP contribution in [0.5, 0.6) is 6.01 Å². The highest BCUT2D eigenvalue weighted by Gasteiger charge is 2.33. The van der Waals surface area contributed by atoms with E-state index in [0.717, 1.165) is 5.56 Å². The molecule has 13 heteroatoms. The Morgan fingerprint density at radius 2 is 2.09 bits per heavy atom. The number of benzene rings is 1. The lowest BCUT2D eigenvalue weighted by Crippen LogP contribution is -2.42. The third kappa shape index (κ3) is 7.72. The number of piperidine rings is 1. The number of nitrogens with zero attached hydrogens (tertiary/aromatic N) is 3.